The molecule has 12 heteroatoms. The molecule has 0 fully saturated rings. The zero-order chi connectivity index (χ0) is 25.3. The average Bonchev–Trinajstić information content (AvgIpc) is 3.55. The highest BCUT2D eigenvalue weighted by Gasteiger charge is 2.22. The van der Waals surface area contributed by atoms with Crippen molar-refractivity contribution in [1.82, 2.24) is 20.2 Å². The Kier molecular flexibility index (Phi) is 5.78. The van der Waals surface area contributed by atoms with Crippen LogP contribution in [0.1, 0.15) is 20.8 Å². The number of hydrogen-bond acceptors (Lipinski definition) is 6. The van der Waals surface area contributed by atoms with Gasteiger partial charge in [-0.3, -0.25) is 14.7 Å². The number of rotatable bonds is 6. The third-order valence-electron chi connectivity index (χ3n) is 5.31. The minimum Gasteiger partial charge on any atom is -0.357 e. The maximum Gasteiger partial charge on any atom is 0.273 e. The lowest BCUT2D eigenvalue weighted by atomic mass is 10.2. The number of carbonyl (C=O) groups excluding carboxylic acids is 2. The molecule has 3 aromatic heterocycles. The minimum atomic E-state index is -4.02. The summed E-state index contributed by atoms with van der Waals surface area (Å²) in [5, 5.41) is 12.3. The van der Waals surface area contributed by atoms with Crippen molar-refractivity contribution in [3.8, 4) is 0 Å². The maximum atomic E-state index is 13.6. The lowest BCUT2D eigenvalue weighted by molar-refractivity contribution is 0.102. The van der Waals surface area contributed by atoms with Crippen molar-refractivity contribution in [1.29, 1.82) is 0 Å². The Hall–Kier alpha value is -4.84. The summed E-state index contributed by atoms with van der Waals surface area (Å²) in [6.45, 7) is 0. The summed E-state index contributed by atoms with van der Waals surface area (Å²) in [4.78, 5) is 32.0. The third-order valence-corrected chi connectivity index (χ3v) is 7.06. The van der Waals surface area contributed by atoms with E-state index in [1.165, 1.54) is 48.7 Å². The molecule has 180 valence electrons. The molecular formula is C24H17FN6O4S. The largest absolute Gasteiger partial charge is 0.357 e. The van der Waals surface area contributed by atoms with E-state index >= 15 is 0 Å². The van der Waals surface area contributed by atoms with Crippen LogP contribution in [0.3, 0.4) is 0 Å². The van der Waals surface area contributed by atoms with Gasteiger partial charge in [0.25, 0.3) is 11.8 Å². The van der Waals surface area contributed by atoms with Crippen molar-refractivity contribution < 1.29 is 22.4 Å². The Labute approximate surface area is 203 Å². The number of aromatic nitrogens is 4. The summed E-state index contributed by atoms with van der Waals surface area (Å²) >= 11 is 0. The quantitative estimate of drug-likeness (QED) is 0.277. The molecule has 0 radical (unpaired) electrons. The summed E-state index contributed by atoms with van der Waals surface area (Å²) in [6, 6.07) is 15.1. The van der Waals surface area contributed by atoms with Crippen LogP contribution in [0.15, 0.2) is 88.9 Å². The van der Waals surface area contributed by atoms with Crippen LogP contribution >= 0.6 is 0 Å². The molecule has 0 spiro atoms. The lowest BCUT2D eigenvalue weighted by Crippen LogP contribution is -2.19. The second kappa shape index (κ2) is 9.07. The Balaban J connectivity index is 1.45. The zero-order valence-corrected chi connectivity index (χ0v) is 19.1. The van der Waals surface area contributed by atoms with E-state index < -0.39 is 27.5 Å². The number of anilines is 2. The van der Waals surface area contributed by atoms with Gasteiger partial charge < -0.3 is 15.6 Å². The number of hydrogen-bond donors (Lipinski definition) is 4. The molecule has 0 aliphatic rings. The predicted octanol–water partition coefficient (Wildman–Crippen LogP) is 3.76. The molecule has 0 aliphatic heterocycles. The van der Waals surface area contributed by atoms with Crippen LogP contribution in [0.2, 0.25) is 0 Å². The van der Waals surface area contributed by atoms with Crippen molar-refractivity contribution >= 4 is 44.2 Å². The third kappa shape index (κ3) is 4.32. The van der Waals surface area contributed by atoms with Gasteiger partial charge in [0.05, 0.1) is 20.9 Å². The Morgan fingerprint density at radius 2 is 1.67 bits per heavy atom. The van der Waals surface area contributed by atoms with Gasteiger partial charge in [-0.05, 0) is 60.7 Å². The molecule has 0 unspecified atom stereocenters. The van der Waals surface area contributed by atoms with Crippen LogP contribution in [-0.2, 0) is 9.84 Å². The van der Waals surface area contributed by atoms with Gasteiger partial charge in [0.1, 0.15) is 17.3 Å². The first-order chi connectivity index (χ1) is 17.3. The summed E-state index contributed by atoms with van der Waals surface area (Å²) in [6.07, 6.45) is 3.01. The van der Waals surface area contributed by atoms with Gasteiger partial charge in [0, 0.05) is 17.8 Å². The molecule has 0 saturated heterocycles. The molecule has 36 heavy (non-hydrogen) atoms. The van der Waals surface area contributed by atoms with E-state index in [2.05, 4.69) is 30.8 Å². The lowest BCUT2D eigenvalue weighted by Gasteiger charge is -2.09. The zero-order valence-electron chi connectivity index (χ0n) is 18.3. The number of aromatic amines is 2. The number of halogens is 1. The number of sulfone groups is 1. The molecule has 5 rings (SSSR count). The maximum absolute atomic E-state index is 13.6. The SMILES string of the molecule is O=C(Nc1ncccc1C(=O)Nc1n[nH]c2ccc(S(=O)(=O)c3cccc(F)c3)cc12)c1ccc[nH]1. The van der Waals surface area contributed by atoms with E-state index in [0.29, 0.717) is 10.9 Å². The highest BCUT2D eigenvalue weighted by Crippen LogP contribution is 2.28. The van der Waals surface area contributed by atoms with Crippen LogP contribution in [0.4, 0.5) is 16.0 Å². The van der Waals surface area contributed by atoms with Gasteiger partial charge >= 0.3 is 0 Å². The van der Waals surface area contributed by atoms with Crippen molar-refractivity contribution in [2.24, 2.45) is 0 Å². The van der Waals surface area contributed by atoms with Crippen molar-refractivity contribution in [3.05, 3.63) is 96.2 Å². The number of carbonyl (C=O) groups is 2. The van der Waals surface area contributed by atoms with Crippen LogP contribution < -0.4 is 10.6 Å². The standard InChI is InChI=1S/C24H17FN6O4S/c25-14-4-1-5-15(12-14)36(34,35)16-8-9-19-18(13-16)22(31-30-19)29-23(32)17-6-2-11-27-21(17)28-24(33)20-7-3-10-26-20/h1-13,26H,(H,27,28,33)(H2,29,30,31,32). The van der Waals surface area contributed by atoms with Crippen LogP contribution in [0, 0.1) is 5.82 Å². The van der Waals surface area contributed by atoms with Crippen LogP contribution in [0.25, 0.3) is 10.9 Å². The first-order valence-electron chi connectivity index (χ1n) is 10.5. The molecule has 0 saturated carbocycles. The number of fused-ring (bicyclic) bond motifs is 1. The van der Waals surface area contributed by atoms with Crippen molar-refractivity contribution in [3.63, 3.8) is 0 Å². The molecule has 5 aromatic rings. The van der Waals surface area contributed by atoms with E-state index in [1.54, 1.807) is 18.3 Å². The molecular weight excluding hydrogens is 487 g/mol. The summed E-state index contributed by atoms with van der Waals surface area (Å²) < 4.78 is 39.6. The van der Waals surface area contributed by atoms with E-state index in [4.69, 9.17) is 0 Å². The van der Waals surface area contributed by atoms with Crippen LogP contribution in [0.5, 0.6) is 0 Å². The minimum absolute atomic E-state index is 0.0313. The second-order valence-electron chi connectivity index (χ2n) is 7.63. The van der Waals surface area contributed by atoms with E-state index in [9.17, 15) is 22.4 Å². The molecule has 0 aliphatic carbocycles. The molecule has 0 bridgehead atoms. The monoisotopic (exact) mass is 504 g/mol. The van der Waals surface area contributed by atoms with Crippen LogP contribution in [-0.4, -0.2) is 40.4 Å². The summed E-state index contributed by atoms with van der Waals surface area (Å²) in [7, 11) is -4.02. The van der Waals surface area contributed by atoms with Gasteiger partial charge in [-0.25, -0.2) is 17.8 Å². The number of nitrogens with zero attached hydrogens (tertiary/aromatic N) is 2. The fourth-order valence-electron chi connectivity index (χ4n) is 3.54. The molecule has 4 N–H and O–H groups in total. The highest BCUT2D eigenvalue weighted by molar-refractivity contribution is 7.91. The fraction of sp³-hybridized carbons (Fsp3) is 0. The van der Waals surface area contributed by atoms with E-state index in [1.807, 2.05) is 0 Å². The van der Waals surface area contributed by atoms with Crippen molar-refractivity contribution in [2.45, 2.75) is 9.79 Å². The smallest absolute Gasteiger partial charge is 0.273 e. The first-order valence-corrected chi connectivity index (χ1v) is 12.0. The predicted molar refractivity (Wildman–Crippen MR) is 129 cm³/mol. The Morgan fingerprint density at radius 1 is 0.861 bits per heavy atom. The fourth-order valence-corrected chi connectivity index (χ4v) is 4.85. The summed E-state index contributed by atoms with van der Waals surface area (Å²) in [5.41, 5.74) is 0.824. The molecule has 3 heterocycles. The first kappa shape index (κ1) is 22.9. The van der Waals surface area contributed by atoms with Gasteiger partial charge in [-0.1, -0.05) is 6.07 Å². The van der Waals surface area contributed by atoms with Gasteiger partial charge in [-0.2, -0.15) is 5.10 Å². The Bertz CT molecular complexity index is 1710. The van der Waals surface area contributed by atoms with Gasteiger partial charge in [-0.15, -0.1) is 0 Å². The number of benzene rings is 2. The number of amides is 2. The molecule has 10 nitrogen and oxygen atoms in total. The van der Waals surface area contributed by atoms with Gasteiger partial charge in [0.2, 0.25) is 9.84 Å². The average molecular weight is 505 g/mol. The highest BCUT2D eigenvalue weighted by atomic mass is 32.2. The van der Waals surface area contributed by atoms with Gasteiger partial charge in [0.15, 0.2) is 5.82 Å². The summed E-state index contributed by atoms with van der Waals surface area (Å²) in [5.74, 6) is -1.69. The number of H-pyrrole nitrogens is 2. The normalized spacial score (nSPS) is 11.4. The van der Waals surface area contributed by atoms with E-state index in [0.717, 1.165) is 12.1 Å². The molecule has 2 aromatic carbocycles. The number of pyridine rings is 1. The van der Waals surface area contributed by atoms with Crippen molar-refractivity contribution in [2.75, 3.05) is 10.6 Å². The number of nitrogens with one attached hydrogen (secondary N) is 4. The second-order valence-corrected chi connectivity index (χ2v) is 9.58. The molecule has 2 amide bonds. The topological polar surface area (TPSA) is 150 Å². The van der Waals surface area contributed by atoms with E-state index in [-0.39, 0.29) is 32.7 Å². The molecule has 0 atom stereocenters. The Morgan fingerprint density at radius 3 is 2.44 bits per heavy atom.